The van der Waals surface area contributed by atoms with E-state index in [-0.39, 0.29) is 6.61 Å². The normalized spacial score (nSPS) is 9.29. The van der Waals surface area contributed by atoms with Gasteiger partial charge in [0.05, 0.1) is 6.61 Å². The molecule has 0 aliphatic heterocycles. The van der Waals surface area contributed by atoms with Crippen LogP contribution in [0.3, 0.4) is 0 Å². The van der Waals surface area contributed by atoms with E-state index in [0.717, 1.165) is 12.8 Å². The van der Waals surface area contributed by atoms with Crippen LogP contribution in [0.5, 0.6) is 0 Å². The molecule has 0 aliphatic rings. The van der Waals surface area contributed by atoms with Crippen LogP contribution in [0.2, 0.25) is 0 Å². The van der Waals surface area contributed by atoms with Gasteiger partial charge < -0.3 is 5.11 Å². The molecule has 1 rings (SSSR count). The molecule has 0 heterocycles. The molecule has 0 amide bonds. The van der Waals surface area contributed by atoms with Crippen molar-refractivity contribution in [3.8, 4) is 11.8 Å². The highest BCUT2D eigenvalue weighted by Gasteiger charge is 1.95. The smallest absolute Gasteiger partial charge is 0.0540 e. The number of benzene rings is 1. The molecule has 0 saturated carbocycles. The quantitative estimate of drug-likeness (QED) is 0.672. The van der Waals surface area contributed by atoms with Crippen LogP contribution < -0.4 is 0 Å². The third-order valence-electron chi connectivity index (χ3n) is 1.84. The molecule has 1 aromatic carbocycles. The van der Waals surface area contributed by atoms with E-state index in [1.54, 1.807) is 0 Å². The molecule has 0 aliphatic carbocycles. The van der Waals surface area contributed by atoms with Crippen molar-refractivity contribution in [3.05, 3.63) is 33.4 Å². The van der Waals surface area contributed by atoms with Crippen LogP contribution in [0, 0.1) is 15.4 Å². The van der Waals surface area contributed by atoms with Gasteiger partial charge in [0.1, 0.15) is 0 Å². The fourth-order valence-corrected chi connectivity index (χ4v) is 1.79. The maximum absolute atomic E-state index is 8.52. The number of aryl methyl sites for hydroxylation is 1. The minimum absolute atomic E-state index is 0.163. The lowest BCUT2D eigenvalue weighted by Crippen LogP contribution is -1.87. The van der Waals surface area contributed by atoms with Crippen molar-refractivity contribution in [3.63, 3.8) is 0 Å². The zero-order chi connectivity index (χ0) is 10.2. The minimum Gasteiger partial charge on any atom is -0.395 e. The maximum atomic E-state index is 8.52. The van der Waals surface area contributed by atoms with Gasteiger partial charge in [-0.05, 0) is 40.6 Å². The second-order valence-corrected chi connectivity index (χ2v) is 4.08. The van der Waals surface area contributed by atoms with Crippen molar-refractivity contribution in [2.75, 3.05) is 6.61 Å². The Balaban J connectivity index is 2.40. The van der Waals surface area contributed by atoms with Gasteiger partial charge in [0.2, 0.25) is 0 Å². The zero-order valence-corrected chi connectivity index (χ0v) is 10.1. The monoisotopic (exact) mass is 300 g/mol. The van der Waals surface area contributed by atoms with Crippen molar-refractivity contribution in [2.45, 2.75) is 19.3 Å². The van der Waals surface area contributed by atoms with Crippen LogP contribution in [0.4, 0.5) is 0 Å². The van der Waals surface area contributed by atoms with Crippen molar-refractivity contribution >= 4 is 22.6 Å². The highest BCUT2D eigenvalue weighted by molar-refractivity contribution is 14.1. The van der Waals surface area contributed by atoms with Crippen molar-refractivity contribution < 1.29 is 5.11 Å². The van der Waals surface area contributed by atoms with E-state index in [0.29, 0.717) is 6.42 Å². The number of rotatable bonds is 3. The Morgan fingerprint density at radius 3 is 2.57 bits per heavy atom. The number of aliphatic hydroxyl groups excluding tert-OH is 1. The van der Waals surface area contributed by atoms with Gasteiger partial charge >= 0.3 is 0 Å². The molecule has 0 fully saturated rings. The summed E-state index contributed by atoms with van der Waals surface area (Å²) in [7, 11) is 0. The summed E-state index contributed by atoms with van der Waals surface area (Å²) < 4.78 is 1.30. The molecular weight excluding hydrogens is 287 g/mol. The SMILES string of the molecule is OCCC#CCCc1ccccc1I. The number of hydrogen-bond donors (Lipinski definition) is 1. The van der Waals surface area contributed by atoms with Gasteiger partial charge in [-0.3, -0.25) is 0 Å². The predicted molar refractivity (Wildman–Crippen MR) is 67.0 cm³/mol. The van der Waals surface area contributed by atoms with Crippen LogP contribution in [-0.2, 0) is 6.42 Å². The minimum atomic E-state index is 0.163. The van der Waals surface area contributed by atoms with Gasteiger partial charge in [-0.15, -0.1) is 11.8 Å². The molecule has 1 aromatic rings. The molecule has 0 atom stereocenters. The molecule has 1 N–H and O–H groups in total. The van der Waals surface area contributed by atoms with Gasteiger partial charge in [0.15, 0.2) is 0 Å². The van der Waals surface area contributed by atoms with Crippen LogP contribution in [0.15, 0.2) is 24.3 Å². The lowest BCUT2D eigenvalue weighted by molar-refractivity contribution is 0.305. The average molecular weight is 300 g/mol. The Morgan fingerprint density at radius 1 is 1.14 bits per heavy atom. The summed E-state index contributed by atoms with van der Waals surface area (Å²) in [5, 5.41) is 8.52. The van der Waals surface area contributed by atoms with Crippen molar-refractivity contribution in [1.29, 1.82) is 0 Å². The summed E-state index contributed by atoms with van der Waals surface area (Å²) in [4.78, 5) is 0. The summed E-state index contributed by atoms with van der Waals surface area (Å²) in [6.45, 7) is 0.163. The Bertz CT molecular complexity index is 336. The molecule has 0 saturated heterocycles. The van der Waals surface area contributed by atoms with Crippen molar-refractivity contribution in [2.24, 2.45) is 0 Å². The molecule has 0 bridgehead atoms. The lowest BCUT2D eigenvalue weighted by atomic mass is 10.1. The molecule has 14 heavy (non-hydrogen) atoms. The molecule has 0 radical (unpaired) electrons. The zero-order valence-electron chi connectivity index (χ0n) is 7.96. The Labute approximate surface area is 98.7 Å². The van der Waals surface area contributed by atoms with E-state index >= 15 is 0 Å². The molecular formula is C12H13IO. The highest BCUT2D eigenvalue weighted by Crippen LogP contribution is 2.12. The largest absolute Gasteiger partial charge is 0.395 e. The molecule has 0 spiro atoms. The summed E-state index contributed by atoms with van der Waals surface area (Å²) in [6.07, 6.45) is 2.46. The summed E-state index contributed by atoms with van der Waals surface area (Å²) in [5.41, 5.74) is 1.35. The first-order valence-electron chi connectivity index (χ1n) is 4.64. The molecule has 74 valence electrons. The topological polar surface area (TPSA) is 20.2 Å². The molecule has 0 aromatic heterocycles. The predicted octanol–water partition coefficient (Wildman–Crippen LogP) is 2.61. The van der Waals surface area contributed by atoms with Gasteiger partial charge in [-0.25, -0.2) is 0 Å². The number of halogens is 1. The summed E-state index contributed by atoms with van der Waals surface area (Å²) >= 11 is 2.34. The summed E-state index contributed by atoms with van der Waals surface area (Å²) in [5.74, 6) is 5.97. The van der Waals surface area contributed by atoms with Crippen LogP contribution in [-0.4, -0.2) is 11.7 Å². The van der Waals surface area contributed by atoms with E-state index in [1.165, 1.54) is 9.13 Å². The standard InChI is InChI=1S/C12H13IO/c13-12-9-5-4-8-11(12)7-3-1-2-6-10-14/h4-5,8-9,14H,3,6-7,10H2. The third-order valence-corrected chi connectivity index (χ3v) is 2.89. The fourth-order valence-electron chi connectivity index (χ4n) is 1.13. The average Bonchev–Trinajstić information content (AvgIpc) is 2.20. The Kier molecular flexibility index (Phi) is 5.65. The highest BCUT2D eigenvalue weighted by atomic mass is 127. The third kappa shape index (κ3) is 4.12. The van der Waals surface area contributed by atoms with Crippen LogP contribution in [0.1, 0.15) is 18.4 Å². The van der Waals surface area contributed by atoms with Gasteiger partial charge in [-0.2, -0.15) is 0 Å². The maximum Gasteiger partial charge on any atom is 0.0540 e. The van der Waals surface area contributed by atoms with Crippen molar-refractivity contribution in [1.82, 2.24) is 0 Å². The van der Waals surface area contributed by atoms with E-state index < -0.39 is 0 Å². The van der Waals surface area contributed by atoms with Crippen LogP contribution in [0.25, 0.3) is 0 Å². The van der Waals surface area contributed by atoms with Gasteiger partial charge in [-0.1, -0.05) is 18.2 Å². The van der Waals surface area contributed by atoms with Gasteiger partial charge in [0.25, 0.3) is 0 Å². The molecule has 0 unspecified atom stereocenters. The first kappa shape index (κ1) is 11.5. The van der Waals surface area contributed by atoms with Gasteiger partial charge in [0, 0.05) is 16.4 Å². The molecule has 2 heteroatoms. The van der Waals surface area contributed by atoms with Crippen LogP contribution >= 0.6 is 22.6 Å². The lowest BCUT2D eigenvalue weighted by Gasteiger charge is -1.99. The van der Waals surface area contributed by atoms with E-state index in [2.05, 4.69) is 52.6 Å². The number of aliphatic hydroxyl groups is 1. The second kappa shape index (κ2) is 6.86. The fraction of sp³-hybridized carbons (Fsp3) is 0.333. The molecule has 1 nitrogen and oxygen atoms in total. The Morgan fingerprint density at radius 2 is 1.86 bits per heavy atom. The first-order chi connectivity index (χ1) is 6.84. The van der Waals surface area contributed by atoms with E-state index in [9.17, 15) is 0 Å². The Hall–Kier alpha value is -0.530. The van der Waals surface area contributed by atoms with E-state index in [4.69, 9.17) is 5.11 Å². The summed E-state index contributed by atoms with van der Waals surface area (Å²) in [6, 6.07) is 8.34. The second-order valence-electron chi connectivity index (χ2n) is 2.92. The number of hydrogen-bond acceptors (Lipinski definition) is 1. The first-order valence-corrected chi connectivity index (χ1v) is 5.72. The van der Waals surface area contributed by atoms with E-state index in [1.807, 2.05) is 6.07 Å².